The fraction of sp³-hybridized carbons (Fsp3) is 0.500. The molecule has 1 aliphatic heterocycles. The zero-order chi connectivity index (χ0) is 19.1. The fourth-order valence-electron chi connectivity index (χ4n) is 3.08. The first-order valence-electron chi connectivity index (χ1n) is 8.26. The molecule has 1 aliphatic carbocycles. The number of sulfonamides is 1. The van der Waals surface area contributed by atoms with Gasteiger partial charge in [-0.1, -0.05) is 0 Å². The predicted molar refractivity (Wildman–Crippen MR) is 100 cm³/mol. The summed E-state index contributed by atoms with van der Waals surface area (Å²) in [6.07, 6.45) is 1.89. The van der Waals surface area contributed by atoms with Crippen molar-refractivity contribution in [3.63, 3.8) is 0 Å². The Hall–Kier alpha value is -1.88. The SMILES string of the molecule is COc1ccc(S(=O)(=O)NC(CN)C2CC2)cc1C1(C)NC(=O)NC1=O.Cl. The van der Waals surface area contributed by atoms with Crippen molar-refractivity contribution < 1.29 is 22.7 Å². The summed E-state index contributed by atoms with van der Waals surface area (Å²) in [6.45, 7) is 1.70. The zero-order valence-corrected chi connectivity index (χ0v) is 16.6. The van der Waals surface area contributed by atoms with Gasteiger partial charge >= 0.3 is 6.03 Å². The Morgan fingerprint density at radius 2 is 2.04 bits per heavy atom. The van der Waals surface area contributed by atoms with Gasteiger partial charge in [0.1, 0.15) is 11.3 Å². The van der Waals surface area contributed by atoms with Crippen LogP contribution in [0.15, 0.2) is 23.1 Å². The number of nitrogens with two attached hydrogens (primary N) is 1. The first kappa shape index (κ1) is 21.4. The van der Waals surface area contributed by atoms with Crippen molar-refractivity contribution in [2.24, 2.45) is 11.7 Å². The number of benzene rings is 1. The molecule has 1 aromatic rings. The quantitative estimate of drug-likeness (QED) is 0.466. The number of imide groups is 1. The summed E-state index contributed by atoms with van der Waals surface area (Å²) in [7, 11) is -2.44. The third-order valence-electron chi connectivity index (χ3n) is 4.82. The van der Waals surface area contributed by atoms with Gasteiger partial charge in [-0.05, 0) is 43.9 Å². The zero-order valence-electron chi connectivity index (χ0n) is 14.9. The third-order valence-corrected chi connectivity index (χ3v) is 6.30. The Morgan fingerprint density at radius 1 is 1.37 bits per heavy atom. The predicted octanol–water partition coefficient (Wildman–Crippen LogP) is 0.187. The van der Waals surface area contributed by atoms with Gasteiger partial charge in [-0.2, -0.15) is 0 Å². The number of carbonyl (C=O) groups is 2. The lowest BCUT2D eigenvalue weighted by molar-refractivity contribution is -0.123. The first-order valence-corrected chi connectivity index (χ1v) is 9.74. The molecule has 0 bridgehead atoms. The molecule has 27 heavy (non-hydrogen) atoms. The van der Waals surface area contributed by atoms with E-state index in [1.54, 1.807) is 0 Å². The highest BCUT2D eigenvalue weighted by atomic mass is 35.5. The number of carbonyl (C=O) groups excluding carboxylic acids is 2. The largest absolute Gasteiger partial charge is 0.496 e. The maximum Gasteiger partial charge on any atom is 0.322 e. The lowest BCUT2D eigenvalue weighted by Crippen LogP contribution is -2.42. The Labute approximate surface area is 163 Å². The molecule has 3 amide bonds. The van der Waals surface area contributed by atoms with Gasteiger partial charge in [0.15, 0.2) is 0 Å². The van der Waals surface area contributed by atoms with Crippen LogP contribution >= 0.6 is 12.4 Å². The Bertz CT molecular complexity index is 858. The molecule has 0 radical (unpaired) electrons. The molecule has 0 aromatic heterocycles. The average molecular weight is 419 g/mol. The summed E-state index contributed by atoms with van der Waals surface area (Å²) in [5.74, 6) is -0.0348. The van der Waals surface area contributed by atoms with Crippen molar-refractivity contribution in [1.29, 1.82) is 0 Å². The monoisotopic (exact) mass is 418 g/mol. The molecule has 2 aliphatic rings. The summed E-state index contributed by atoms with van der Waals surface area (Å²) < 4.78 is 33.4. The smallest absolute Gasteiger partial charge is 0.322 e. The van der Waals surface area contributed by atoms with Gasteiger partial charge < -0.3 is 15.8 Å². The number of methoxy groups -OCH3 is 1. The first-order chi connectivity index (χ1) is 12.2. The van der Waals surface area contributed by atoms with Gasteiger partial charge in [-0.3, -0.25) is 10.1 Å². The van der Waals surface area contributed by atoms with Gasteiger partial charge in [0, 0.05) is 18.2 Å². The molecule has 150 valence electrons. The van der Waals surface area contributed by atoms with Gasteiger partial charge in [-0.15, -0.1) is 12.4 Å². The lowest BCUT2D eigenvalue weighted by Gasteiger charge is -2.24. The van der Waals surface area contributed by atoms with Crippen LogP contribution in [0.5, 0.6) is 5.75 Å². The summed E-state index contributed by atoms with van der Waals surface area (Å²) in [4.78, 5) is 23.8. The van der Waals surface area contributed by atoms with E-state index in [2.05, 4.69) is 15.4 Å². The van der Waals surface area contributed by atoms with Gasteiger partial charge in [0.05, 0.1) is 12.0 Å². The Kier molecular flexibility index (Phi) is 6.05. The van der Waals surface area contributed by atoms with Crippen LogP contribution in [0.25, 0.3) is 0 Å². The second kappa shape index (κ2) is 7.63. The molecule has 1 saturated carbocycles. The van der Waals surface area contributed by atoms with Gasteiger partial charge in [0.2, 0.25) is 10.0 Å². The molecule has 9 nitrogen and oxygen atoms in total. The van der Waals surface area contributed by atoms with Crippen LogP contribution in [0.2, 0.25) is 0 Å². The van der Waals surface area contributed by atoms with E-state index in [9.17, 15) is 18.0 Å². The minimum Gasteiger partial charge on any atom is -0.496 e. The number of rotatable bonds is 7. The van der Waals surface area contributed by atoms with Crippen LogP contribution in [0, 0.1) is 5.92 Å². The standard InChI is InChI=1S/C16H22N4O5S.ClH/c1-16(14(21)18-15(22)19-16)11-7-10(5-6-13(11)25-2)26(23,24)20-12(8-17)9-3-4-9;/h5-7,9,12,20H,3-4,8,17H2,1-2H3,(H2,18,19,21,22);1H. The highest BCUT2D eigenvalue weighted by Gasteiger charge is 2.45. The van der Waals surface area contributed by atoms with Crippen molar-refractivity contribution in [3.05, 3.63) is 23.8 Å². The number of ether oxygens (including phenoxy) is 1. The fourth-order valence-corrected chi connectivity index (χ4v) is 4.42. The Balaban J connectivity index is 0.00000261. The van der Waals surface area contributed by atoms with Crippen LogP contribution in [0.4, 0.5) is 4.79 Å². The third kappa shape index (κ3) is 4.03. The van der Waals surface area contributed by atoms with E-state index >= 15 is 0 Å². The summed E-state index contributed by atoms with van der Waals surface area (Å²) in [5.41, 5.74) is 4.50. The van der Waals surface area contributed by atoms with Crippen molar-refractivity contribution >= 4 is 34.4 Å². The molecular formula is C16H23ClN4O5S. The molecule has 2 unspecified atom stereocenters. The van der Waals surface area contributed by atoms with Crippen LogP contribution in [0.3, 0.4) is 0 Å². The summed E-state index contributed by atoms with van der Waals surface area (Å²) >= 11 is 0. The number of halogens is 1. The van der Waals surface area contributed by atoms with Crippen molar-refractivity contribution in [2.45, 2.75) is 36.2 Å². The van der Waals surface area contributed by atoms with E-state index < -0.39 is 27.5 Å². The van der Waals surface area contributed by atoms with E-state index in [0.29, 0.717) is 5.75 Å². The second-order valence-electron chi connectivity index (χ2n) is 6.70. The normalized spacial score (nSPS) is 23.2. The Morgan fingerprint density at radius 3 is 2.52 bits per heavy atom. The van der Waals surface area contributed by atoms with Crippen molar-refractivity contribution in [2.75, 3.05) is 13.7 Å². The van der Waals surface area contributed by atoms with Crippen LogP contribution in [-0.4, -0.2) is 40.1 Å². The van der Waals surface area contributed by atoms with Gasteiger partial charge in [-0.25, -0.2) is 17.9 Å². The maximum absolute atomic E-state index is 12.8. The van der Waals surface area contributed by atoms with E-state index in [0.717, 1.165) is 12.8 Å². The molecule has 0 spiro atoms. The van der Waals surface area contributed by atoms with E-state index in [1.807, 2.05) is 0 Å². The molecule has 11 heteroatoms. The molecule has 2 fully saturated rings. The number of amides is 3. The van der Waals surface area contributed by atoms with E-state index in [1.165, 1.54) is 32.2 Å². The number of hydrogen-bond acceptors (Lipinski definition) is 6. The molecule has 3 rings (SSSR count). The highest BCUT2D eigenvalue weighted by molar-refractivity contribution is 7.89. The molecule has 1 aromatic carbocycles. The van der Waals surface area contributed by atoms with E-state index in [-0.39, 0.29) is 41.4 Å². The van der Waals surface area contributed by atoms with Crippen LogP contribution in [-0.2, 0) is 20.4 Å². The topological polar surface area (TPSA) is 140 Å². The maximum atomic E-state index is 12.8. The lowest BCUT2D eigenvalue weighted by atomic mass is 9.91. The van der Waals surface area contributed by atoms with Crippen LogP contribution in [0.1, 0.15) is 25.3 Å². The second-order valence-corrected chi connectivity index (χ2v) is 8.41. The highest BCUT2D eigenvalue weighted by Crippen LogP contribution is 2.35. The number of nitrogens with one attached hydrogen (secondary N) is 3. The summed E-state index contributed by atoms with van der Waals surface area (Å²) in [5, 5.41) is 4.67. The van der Waals surface area contributed by atoms with Crippen LogP contribution < -0.4 is 25.8 Å². The van der Waals surface area contributed by atoms with Crippen molar-refractivity contribution in [3.8, 4) is 5.75 Å². The van der Waals surface area contributed by atoms with Gasteiger partial charge in [0.25, 0.3) is 5.91 Å². The summed E-state index contributed by atoms with van der Waals surface area (Å²) in [6, 6.07) is 3.22. The van der Waals surface area contributed by atoms with Crippen molar-refractivity contribution in [1.82, 2.24) is 15.4 Å². The molecule has 2 atom stereocenters. The minimum absolute atomic E-state index is 0. The molecule has 1 saturated heterocycles. The average Bonchev–Trinajstić information content (AvgIpc) is 3.39. The number of urea groups is 1. The van der Waals surface area contributed by atoms with E-state index in [4.69, 9.17) is 10.5 Å². The molecular weight excluding hydrogens is 396 g/mol. The molecule has 1 heterocycles. The minimum atomic E-state index is -3.84. The number of hydrogen-bond donors (Lipinski definition) is 4. The molecule has 5 N–H and O–H groups in total.